The predicted molar refractivity (Wildman–Crippen MR) is 129 cm³/mol. The van der Waals surface area contributed by atoms with Gasteiger partial charge in [-0.1, -0.05) is 59.8 Å². The van der Waals surface area contributed by atoms with Crippen molar-refractivity contribution in [1.29, 1.82) is 0 Å². The molecule has 1 aliphatic heterocycles. The maximum atomic E-state index is 12.2. The fourth-order valence-electron chi connectivity index (χ4n) is 5.56. The Labute approximate surface area is 193 Å². The maximum Gasteiger partial charge on any atom is 0.407 e. The molecule has 0 radical (unpaired) electrons. The van der Waals surface area contributed by atoms with Crippen LogP contribution in [0.4, 0.5) is 4.79 Å². The van der Waals surface area contributed by atoms with Crippen molar-refractivity contribution in [2.75, 3.05) is 13.4 Å². The lowest BCUT2D eigenvalue weighted by molar-refractivity contribution is 0.143. The molecule has 3 atom stereocenters. The highest BCUT2D eigenvalue weighted by molar-refractivity contribution is 6.77. The summed E-state index contributed by atoms with van der Waals surface area (Å²) in [5.41, 5.74) is 2.63. The van der Waals surface area contributed by atoms with Crippen LogP contribution in [0.25, 0.3) is 0 Å². The fraction of sp³-hybridized carbons (Fsp3) is 0.640. The predicted octanol–water partition coefficient (Wildman–Crippen LogP) is 6.13. The van der Waals surface area contributed by atoms with Gasteiger partial charge in [-0.05, 0) is 47.7 Å². The van der Waals surface area contributed by atoms with Gasteiger partial charge in [0.2, 0.25) is 15.1 Å². The number of hydrogen-bond donors (Lipinski definition) is 1. The number of rotatable bonds is 8. The molecule has 1 aliphatic carbocycles. The summed E-state index contributed by atoms with van der Waals surface area (Å²) in [5.74, 6) is 1.55. The molecular formula is C25H39NO5Si. The van der Waals surface area contributed by atoms with E-state index in [2.05, 4.69) is 65.1 Å². The van der Waals surface area contributed by atoms with Crippen molar-refractivity contribution < 1.29 is 23.4 Å². The van der Waals surface area contributed by atoms with E-state index in [-0.39, 0.29) is 24.9 Å². The van der Waals surface area contributed by atoms with Crippen molar-refractivity contribution >= 4 is 14.4 Å². The monoisotopic (exact) mass is 461 g/mol. The summed E-state index contributed by atoms with van der Waals surface area (Å²) in [6.07, 6.45) is 4.59. The highest BCUT2D eigenvalue weighted by Crippen LogP contribution is 2.45. The Kier molecular flexibility index (Phi) is 7.93. The van der Waals surface area contributed by atoms with Crippen LogP contribution >= 0.6 is 0 Å². The van der Waals surface area contributed by atoms with Crippen LogP contribution in [0.2, 0.25) is 16.6 Å². The molecule has 0 saturated heterocycles. The van der Waals surface area contributed by atoms with Gasteiger partial charge in [0.05, 0.1) is 18.8 Å². The Morgan fingerprint density at radius 2 is 1.72 bits per heavy atom. The first-order chi connectivity index (χ1) is 15.2. The average molecular weight is 462 g/mol. The number of ether oxygens (including phenoxy) is 3. The quantitative estimate of drug-likeness (QED) is 0.372. The Morgan fingerprint density at radius 1 is 1.06 bits per heavy atom. The van der Waals surface area contributed by atoms with Crippen molar-refractivity contribution in [3.05, 3.63) is 35.9 Å². The maximum absolute atomic E-state index is 12.2. The largest absolute Gasteiger partial charge is 0.454 e. The molecule has 32 heavy (non-hydrogen) atoms. The normalized spacial score (nSPS) is 22.6. The minimum absolute atomic E-state index is 0.00420. The number of alkyl carbamates (subject to hydrolysis) is 1. The van der Waals surface area contributed by atoms with E-state index in [9.17, 15) is 4.79 Å². The Morgan fingerprint density at radius 3 is 2.34 bits per heavy atom. The minimum atomic E-state index is -2.04. The van der Waals surface area contributed by atoms with E-state index < -0.39 is 14.4 Å². The number of carbonyl (C=O) groups is 1. The molecule has 0 unspecified atom stereocenters. The molecule has 0 spiro atoms. The SMILES string of the molecule is CCOC(=O)N[C@H]1C=C[C@@H](O[Si](C(C)C)(C(C)C)C(C)C)C[C@@H]1c1ccc2c(c1)OCO2. The number of hydrogen-bond acceptors (Lipinski definition) is 5. The third-order valence-electron chi connectivity index (χ3n) is 6.90. The van der Waals surface area contributed by atoms with Crippen LogP contribution < -0.4 is 14.8 Å². The van der Waals surface area contributed by atoms with Gasteiger partial charge in [-0.25, -0.2) is 4.79 Å². The van der Waals surface area contributed by atoms with Crippen molar-refractivity contribution in [2.45, 2.75) is 89.6 Å². The van der Waals surface area contributed by atoms with E-state index in [4.69, 9.17) is 18.6 Å². The van der Waals surface area contributed by atoms with E-state index in [1.54, 1.807) is 0 Å². The van der Waals surface area contributed by atoms with Crippen molar-refractivity contribution in [1.82, 2.24) is 5.32 Å². The molecule has 3 rings (SSSR count). The summed E-state index contributed by atoms with van der Waals surface area (Å²) >= 11 is 0. The van der Waals surface area contributed by atoms with Gasteiger partial charge in [-0.15, -0.1) is 0 Å². The van der Waals surface area contributed by atoms with Gasteiger partial charge in [0.15, 0.2) is 11.5 Å². The second-order valence-corrected chi connectivity index (χ2v) is 15.1. The molecule has 1 aromatic rings. The average Bonchev–Trinajstić information content (AvgIpc) is 3.20. The molecule has 0 saturated carbocycles. The molecule has 1 N–H and O–H groups in total. The first-order valence-corrected chi connectivity index (χ1v) is 14.0. The van der Waals surface area contributed by atoms with Gasteiger partial charge < -0.3 is 24.0 Å². The fourth-order valence-corrected chi connectivity index (χ4v) is 11.1. The summed E-state index contributed by atoms with van der Waals surface area (Å²) in [6, 6.07) is 5.86. The molecule has 1 amide bonds. The summed E-state index contributed by atoms with van der Waals surface area (Å²) in [5, 5.41) is 3.02. The highest BCUT2D eigenvalue weighted by Gasteiger charge is 2.47. The van der Waals surface area contributed by atoms with Crippen LogP contribution in [0.5, 0.6) is 11.5 Å². The van der Waals surface area contributed by atoms with Gasteiger partial charge in [0.1, 0.15) is 0 Å². The molecule has 7 heteroatoms. The summed E-state index contributed by atoms with van der Waals surface area (Å²) < 4.78 is 23.3. The van der Waals surface area contributed by atoms with Gasteiger partial charge in [0, 0.05) is 5.92 Å². The lowest BCUT2D eigenvalue weighted by atomic mass is 9.82. The zero-order valence-corrected chi connectivity index (χ0v) is 21.5. The number of nitrogens with one attached hydrogen (secondary N) is 1. The Bertz CT molecular complexity index is 801. The van der Waals surface area contributed by atoms with Gasteiger partial charge in [-0.2, -0.15) is 0 Å². The first-order valence-electron chi connectivity index (χ1n) is 11.9. The van der Waals surface area contributed by atoms with E-state index in [0.717, 1.165) is 23.5 Å². The zero-order chi connectivity index (χ0) is 23.5. The topological polar surface area (TPSA) is 66.0 Å². The lowest BCUT2D eigenvalue weighted by Gasteiger charge is -2.45. The molecule has 1 heterocycles. The number of fused-ring (bicyclic) bond motifs is 1. The molecular weight excluding hydrogens is 422 g/mol. The summed E-state index contributed by atoms with van der Waals surface area (Å²) in [6.45, 7) is 16.2. The second kappa shape index (κ2) is 10.3. The molecule has 0 bridgehead atoms. The molecule has 2 aliphatic rings. The van der Waals surface area contributed by atoms with E-state index in [0.29, 0.717) is 23.2 Å². The van der Waals surface area contributed by atoms with Crippen LogP contribution in [-0.4, -0.2) is 40.0 Å². The van der Waals surface area contributed by atoms with Crippen LogP contribution in [-0.2, 0) is 9.16 Å². The van der Waals surface area contributed by atoms with Crippen molar-refractivity contribution in [3.8, 4) is 11.5 Å². The molecule has 178 valence electrons. The third kappa shape index (κ3) is 4.99. The van der Waals surface area contributed by atoms with Crippen LogP contribution in [0, 0.1) is 0 Å². The summed E-state index contributed by atoms with van der Waals surface area (Å²) in [7, 11) is -2.04. The van der Waals surface area contributed by atoms with Crippen LogP contribution in [0.3, 0.4) is 0 Å². The van der Waals surface area contributed by atoms with E-state index >= 15 is 0 Å². The van der Waals surface area contributed by atoms with Crippen LogP contribution in [0.1, 0.15) is 66.4 Å². The number of carbonyl (C=O) groups excluding carboxylic acids is 1. The minimum Gasteiger partial charge on any atom is -0.454 e. The molecule has 6 nitrogen and oxygen atoms in total. The Hall–Kier alpha value is -1.99. The van der Waals surface area contributed by atoms with Gasteiger partial charge in [0.25, 0.3) is 0 Å². The highest BCUT2D eigenvalue weighted by atomic mass is 28.4. The van der Waals surface area contributed by atoms with Crippen molar-refractivity contribution in [2.24, 2.45) is 0 Å². The number of amides is 1. The van der Waals surface area contributed by atoms with Crippen molar-refractivity contribution in [3.63, 3.8) is 0 Å². The third-order valence-corrected chi connectivity index (χ3v) is 13.0. The number of benzene rings is 1. The summed E-state index contributed by atoms with van der Waals surface area (Å²) in [4.78, 5) is 12.2. The second-order valence-electron chi connectivity index (χ2n) is 9.70. The molecule has 1 aromatic carbocycles. The standard InChI is InChI=1S/C25H39NO5Si/c1-8-28-25(27)26-22-11-10-20(31-32(16(2)3,17(4)5)18(6)7)14-21(22)19-9-12-23-24(13-19)30-15-29-23/h9-13,16-18,20-22H,8,14-15H2,1-7H3,(H,26,27)/t20-,21-,22+/m1/s1. The van der Waals surface area contributed by atoms with E-state index in [1.165, 1.54) is 0 Å². The molecule has 0 aromatic heterocycles. The van der Waals surface area contributed by atoms with Gasteiger partial charge in [-0.3, -0.25) is 0 Å². The first kappa shape index (κ1) is 24.6. The smallest absolute Gasteiger partial charge is 0.407 e. The molecule has 0 fully saturated rings. The Balaban J connectivity index is 1.90. The van der Waals surface area contributed by atoms with Crippen LogP contribution in [0.15, 0.2) is 30.4 Å². The lowest BCUT2D eigenvalue weighted by Crippen LogP contribution is -2.51. The zero-order valence-electron chi connectivity index (χ0n) is 20.5. The van der Waals surface area contributed by atoms with Gasteiger partial charge >= 0.3 is 6.09 Å². The van der Waals surface area contributed by atoms with E-state index in [1.807, 2.05) is 19.1 Å².